The van der Waals surface area contributed by atoms with Gasteiger partial charge in [-0.1, -0.05) is 12.8 Å². The Morgan fingerprint density at radius 1 is 1.16 bits per heavy atom. The predicted molar refractivity (Wildman–Crippen MR) is 74.0 cm³/mol. The molecule has 1 rings (SSSR count). The molecule has 5 heteroatoms. The molecule has 1 fully saturated rings. The molecule has 1 heterocycles. The molecule has 0 spiro atoms. The molecule has 1 saturated heterocycles. The lowest BCUT2D eigenvalue weighted by molar-refractivity contribution is -0.152. The molecule has 0 radical (unpaired) electrons. The van der Waals surface area contributed by atoms with Crippen LogP contribution in [0.25, 0.3) is 0 Å². The summed E-state index contributed by atoms with van der Waals surface area (Å²) in [5.41, 5.74) is -1.04. The van der Waals surface area contributed by atoms with Crippen LogP contribution in [0.5, 0.6) is 0 Å². The zero-order valence-corrected chi connectivity index (χ0v) is 12.5. The summed E-state index contributed by atoms with van der Waals surface area (Å²) in [5, 5.41) is 9.23. The minimum absolute atomic E-state index is 0.0405. The fourth-order valence-electron chi connectivity index (χ4n) is 2.36. The topological polar surface area (TPSA) is 60.9 Å². The molecule has 0 aromatic carbocycles. The maximum Gasteiger partial charge on any atom is 0.323 e. The molecule has 5 nitrogen and oxygen atoms in total. The summed E-state index contributed by atoms with van der Waals surface area (Å²) in [6.07, 6.45) is 4.44. The van der Waals surface area contributed by atoms with Gasteiger partial charge in [-0.2, -0.15) is 0 Å². The van der Waals surface area contributed by atoms with Gasteiger partial charge in [-0.05, 0) is 40.7 Å². The number of rotatable bonds is 4. The molecule has 110 valence electrons. The third-order valence-electron chi connectivity index (χ3n) is 4.26. The van der Waals surface area contributed by atoms with Gasteiger partial charge in [0.2, 0.25) is 5.91 Å². The number of carboxylic acid groups (broad SMARTS) is 1. The summed E-state index contributed by atoms with van der Waals surface area (Å²) in [6.45, 7) is 6.63. The van der Waals surface area contributed by atoms with E-state index in [1.54, 1.807) is 32.7 Å². The van der Waals surface area contributed by atoms with E-state index in [0.717, 1.165) is 25.9 Å². The number of carbonyl (C=O) groups excluding carboxylic acids is 1. The molecule has 0 aromatic heterocycles. The lowest BCUT2D eigenvalue weighted by atomic mass is 10.0. The van der Waals surface area contributed by atoms with Crippen molar-refractivity contribution in [2.24, 2.45) is 0 Å². The van der Waals surface area contributed by atoms with Gasteiger partial charge in [0.1, 0.15) is 5.54 Å². The lowest BCUT2D eigenvalue weighted by Gasteiger charge is -2.37. The Kier molecular flexibility index (Phi) is 5.35. The molecule has 0 saturated carbocycles. The Labute approximate surface area is 115 Å². The Morgan fingerprint density at radius 3 is 2.05 bits per heavy atom. The second kappa shape index (κ2) is 6.37. The third kappa shape index (κ3) is 3.69. The Balaban J connectivity index is 2.72. The SMILES string of the molecule is CC(C(=O)N1CCCCCC1)N(C)C(C)(C)C(=O)O. The van der Waals surface area contributed by atoms with Gasteiger partial charge >= 0.3 is 5.97 Å². The number of carboxylic acids is 1. The van der Waals surface area contributed by atoms with E-state index in [4.69, 9.17) is 0 Å². The summed E-state index contributed by atoms with van der Waals surface area (Å²) in [6, 6.07) is -0.413. The monoisotopic (exact) mass is 270 g/mol. The molecule has 1 N–H and O–H groups in total. The maximum absolute atomic E-state index is 12.5. The van der Waals surface area contributed by atoms with E-state index in [2.05, 4.69) is 0 Å². The van der Waals surface area contributed by atoms with Crippen molar-refractivity contribution in [3.8, 4) is 0 Å². The second-order valence-electron chi connectivity index (χ2n) is 5.89. The zero-order valence-electron chi connectivity index (χ0n) is 12.5. The highest BCUT2D eigenvalue weighted by Crippen LogP contribution is 2.18. The molecule has 1 atom stereocenters. The summed E-state index contributed by atoms with van der Waals surface area (Å²) in [5.74, 6) is -0.871. The quantitative estimate of drug-likeness (QED) is 0.842. The van der Waals surface area contributed by atoms with Crippen molar-refractivity contribution in [1.29, 1.82) is 0 Å². The van der Waals surface area contributed by atoms with Gasteiger partial charge < -0.3 is 10.0 Å². The van der Waals surface area contributed by atoms with Crippen LogP contribution in [0, 0.1) is 0 Å². The molecule has 1 unspecified atom stereocenters. The first kappa shape index (κ1) is 16.0. The summed E-state index contributed by atoms with van der Waals surface area (Å²) in [4.78, 5) is 27.2. The minimum atomic E-state index is -1.04. The highest BCUT2D eigenvalue weighted by atomic mass is 16.4. The minimum Gasteiger partial charge on any atom is -0.480 e. The van der Waals surface area contributed by atoms with Crippen molar-refractivity contribution in [3.63, 3.8) is 0 Å². The number of aliphatic carboxylic acids is 1. The first-order valence-corrected chi connectivity index (χ1v) is 7.03. The number of amides is 1. The average molecular weight is 270 g/mol. The van der Waals surface area contributed by atoms with Crippen molar-refractivity contribution in [2.45, 2.75) is 58.0 Å². The van der Waals surface area contributed by atoms with E-state index in [9.17, 15) is 14.7 Å². The van der Waals surface area contributed by atoms with E-state index >= 15 is 0 Å². The van der Waals surface area contributed by atoms with Crippen LogP contribution < -0.4 is 0 Å². The van der Waals surface area contributed by atoms with Gasteiger partial charge in [0.15, 0.2) is 0 Å². The molecule has 0 aromatic rings. The van der Waals surface area contributed by atoms with Crippen LogP contribution in [-0.4, -0.2) is 58.5 Å². The normalized spacial score (nSPS) is 19.1. The molecule has 0 bridgehead atoms. The van der Waals surface area contributed by atoms with Gasteiger partial charge in [-0.25, -0.2) is 0 Å². The standard InChI is InChI=1S/C14H26N2O3/c1-11(15(4)14(2,3)13(18)19)12(17)16-9-7-5-6-8-10-16/h11H,5-10H2,1-4H3,(H,18,19). The Bertz CT molecular complexity index is 334. The van der Waals surface area contributed by atoms with Crippen molar-refractivity contribution < 1.29 is 14.7 Å². The molecule has 1 amide bonds. The fraction of sp³-hybridized carbons (Fsp3) is 0.857. The smallest absolute Gasteiger partial charge is 0.323 e. The number of likely N-dealkylation sites (N-methyl/N-ethyl adjacent to an activating group) is 1. The van der Waals surface area contributed by atoms with Crippen LogP contribution >= 0.6 is 0 Å². The summed E-state index contributed by atoms with van der Waals surface area (Å²) < 4.78 is 0. The van der Waals surface area contributed by atoms with Gasteiger partial charge in [0.25, 0.3) is 0 Å². The fourth-order valence-corrected chi connectivity index (χ4v) is 2.36. The van der Waals surface area contributed by atoms with Crippen LogP contribution in [0.4, 0.5) is 0 Å². The second-order valence-corrected chi connectivity index (χ2v) is 5.89. The van der Waals surface area contributed by atoms with Crippen LogP contribution in [0.2, 0.25) is 0 Å². The van der Waals surface area contributed by atoms with Gasteiger partial charge in [-0.3, -0.25) is 14.5 Å². The lowest BCUT2D eigenvalue weighted by Crippen LogP contribution is -2.56. The van der Waals surface area contributed by atoms with Crippen LogP contribution in [0.15, 0.2) is 0 Å². The largest absolute Gasteiger partial charge is 0.480 e. The molecule has 1 aliphatic rings. The highest BCUT2D eigenvalue weighted by molar-refractivity contribution is 5.84. The molecule has 0 aliphatic carbocycles. The highest BCUT2D eigenvalue weighted by Gasteiger charge is 2.38. The first-order chi connectivity index (χ1) is 8.78. The Morgan fingerprint density at radius 2 is 1.63 bits per heavy atom. The van der Waals surface area contributed by atoms with Crippen molar-refractivity contribution in [1.82, 2.24) is 9.80 Å². The van der Waals surface area contributed by atoms with Gasteiger partial charge in [0.05, 0.1) is 6.04 Å². The first-order valence-electron chi connectivity index (χ1n) is 7.03. The van der Waals surface area contributed by atoms with E-state index in [0.29, 0.717) is 0 Å². The maximum atomic E-state index is 12.5. The molecule has 1 aliphatic heterocycles. The number of nitrogens with zero attached hydrogens (tertiary/aromatic N) is 2. The van der Waals surface area contributed by atoms with Gasteiger partial charge in [0, 0.05) is 13.1 Å². The zero-order chi connectivity index (χ0) is 14.6. The molecular weight excluding hydrogens is 244 g/mol. The summed E-state index contributed by atoms with van der Waals surface area (Å²) in [7, 11) is 1.70. The number of carbonyl (C=O) groups is 2. The van der Waals surface area contributed by atoms with E-state index < -0.39 is 17.6 Å². The Hall–Kier alpha value is -1.10. The molecular formula is C14H26N2O3. The van der Waals surface area contributed by atoms with Crippen molar-refractivity contribution in [3.05, 3.63) is 0 Å². The van der Waals surface area contributed by atoms with E-state index in [1.807, 2.05) is 4.90 Å². The van der Waals surface area contributed by atoms with Crippen molar-refractivity contribution in [2.75, 3.05) is 20.1 Å². The van der Waals surface area contributed by atoms with Crippen LogP contribution in [0.1, 0.15) is 46.5 Å². The molecule has 19 heavy (non-hydrogen) atoms. The van der Waals surface area contributed by atoms with Crippen molar-refractivity contribution >= 4 is 11.9 Å². The van der Waals surface area contributed by atoms with Crippen LogP contribution in [0.3, 0.4) is 0 Å². The number of hydrogen-bond donors (Lipinski definition) is 1. The number of likely N-dealkylation sites (tertiary alicyclic amines) is 1. The predicted octanol–water partition coefficient (Wildman–Crippen LogP) is 1.57. The van der Waals surface area contributed by atoms with Gasteiger partial charge in [-0.15, -0.1) is 0 Å². The van der Waals surface area contributed by atoms with E-state index in [-0.39, 0.29) is 5.91 Å². The average Bonchev–Trinajstić information content (AvgIpc) is 2.64. The van der Waals surface area contributed by atoms with E-state index in [1.165, 1.54) is 12.8 Å². The number of hydrogen-bond acceptors (Lipinski definition) is 3. The third-order valence-corrected chi connectivity index (χ3v) is 4.26. The summed E-state index contributed by atoms with van der Waals surface area (Å²) >= 11 is 0. The van der Waals surface area contributed by atoms with Crippen LogP contribution in [-0.2, 0) is 9.59 Å².